The molecule has 39 heavy (non-hydrogen) atoms. The molecule has 0 unspecified atom stereocenters. The molecule has 0 saturated carbocycles. The van der Waals surface area contributed by atoms with Crippen LogP contribution in [0.4, 0.5) is 9.59 Å². The van der Waals surface area contributed by atoms with Crippen LogP contribution in [0.2, 0.25) is 0 Å². The highest BCUT2D eigenvalue weighted by atomic mass is 16.6. The lowest BCUT2D eigenvalue weighted by Crippen LogP contribution is -2.47. The van der Waals surface area contributed by atoms with Gasteiger partial charge in [0.1, 0.15) is 17.5 Å². The lowest BCUT2D eigenvalue weighted by atomic mass is 9.95. The molecule has 9 heteroatoms. The third-order valence-corrected chi connectivity index (χ3v) is 5.86. The van der Waals surface area contributed by atoms with Crippen molar-refractivity contribution in [2.75, 3.05) is 6.54 Å². The van der Waals surface area contributed by atoms with E-state index in [0.717, 1.165) is 30.4 Å². The van der Waals surface area contributed by atoms with Gasteiger partial charge < -0.3 is 19.2 Å². The van der Waals surface area contributed by atoms with Gasteiger partial charge >= 0.3 is 18.3 Å². The van der Waals surface area contributed by atoms with E-state index in [0.29, 0.717) is 19.5 Å². The summed E-state index contributed by atoms with van der Waals surface area (Å²) in [6, 6.07) is 15.7. The lowest BCUT2D eigenvalue weighted by Gasteiger charge is -2.35. The van der Waals surface area contributed by atoms with Crippen molar-refractivity contribution in [1.29, 1.82) is 0 Å². The van der Waals surface area contributed by atoms with Gasteiger partial charge in [0.2, 0.25) is 0 Å². The van der Waals surface area contributed by atoms with Gasteiger partial charge in [0.15, 0.2) is 0 Å². The van der Waals surface area contributed by atoms with Crippen LogP contribution in [0.15, 0.2) is 48.5 Å². The molecular weight excluding hydrogens is 500 g/mol. The van der Waals surface area contributed by atoms with Gasteiger partial charge in [0, 0.05) is 19.5 Å². The summed E-state index contributed by atoms with van der Waals surface area (Å²) in [6.07, 6.45) is 1.89. The highest BCUT2D eigenvalue weighted by Gasteiger charge is 2.32. The van der Waals surface area contributed by atoms with Crippen LogP contribution < -0.4 is 0 Å². The molecule has 0 aliphatic carbocycles. The summed E-state index contributed by atoms with van der Waals surface area (Å²) in [5.41, 5.74) is 3.79. The van der Waals surface area contributed by atoms with Crippen LogP contribution in [0.3, 0.4) is 0 Å². The fourth-order valence-corrected chi connectivity index (χ4v) is 4.17. The average molecular weight is 539 g/mol. The average Bonchev–Trinajstić information content (AvgIpc) is 2.86. The van der Waals surface area contributed by atoms with Gasteiger partial charge in [-0.3, -0.25) is 4.90 Å². The zero-order valence-corrected chi connectivity index (χ0v) is 23.6. The predicted octanol–water partition coefficient (Wildman–Crippen LogP) is 4.94. The first-order valence-electron chi connectivity index (χ1n) is 12.8. The maximum absolute atomic E-state index is 12.1. The Morgan fingerprint density at radius 3 is 1.77 bits per heavy atom. The Hall–Kier alpha value is -3.97. The Morgan fingerprint density at radius 1 is 0.795 bits per heavy atom. The third kappa shape index (κ3) is 10.0. The normalized spacial score (nSPS) is 16.0. The van der Waals surface area contributed by atoms with Gasteiger partial charge in [-0.1, -0.05) is 48.5 Å². The molecule has 2 amide bonds. The first-order valence-corrected chi connectivity index (χ1v) is 12.8. The summed E-state index contributed by atoms with van der Waals surface area (Å²) in [6.45, 7) is 13.0. The molecule has 2 aliphatic heterocycles. The van der Waals surface area contributed by atoms with E-state index in [9.17, 15) is 14.4 Å². The van der Waals surface area contributed by atoms with E-state index in [-0.39, 0.29) is 12.2 Å². The van der Waals surface area contributed by atoms with Crippen LogP contribution >= 0.6 is 0 Å². The van der Waals surface area contributed by atoms with Gasteiger partial charge in [-0.15, -0.1) is 0 Å². The summed E-state index contributed by atoms with van der Waals surface area (Å²) < 4.78 is 10.7. The first kappa shape index (κ1) is 31.2. The van der Waals surface area contributed by atoms with E-state index >= 15 is 0 Å². The molecule has 2 aliphatic rings. The number of benzene rings is 2. The van der Waals surface area contributed by atoms with Gasteiger partial charge in [0.05, 0.1) is 12.6 Å². The lowest BCUT2D eigenvalue weighted by molar-refractivity contribution is -0.191. The molecule has 0 aromatic heterocycles. The highest BCUT2D eigenvalue weighted by Crippen LogP contribution is 2.24. The molecule has 210 valence electrons. The summed E-state index contributed by atoms with van der Waals surface area (Å²) in [4.78, 5) is 54.8. The fraction of sp³-hybridized carbons (Fsp3) is 0.467. The molecule has 2 heterocycles. The van der Waals surface area contributed by atoms with Crippen molar-refractivity contribution in [2.24, 2.45) is 0 Å². The van der Waals surface area contributed by atoms with Crippen molar-refractivity contribution in [3.63, 3.8) is 0 Å². The fourth-order valence-electron chi connectivity index (χ4n) is 4.17. The molecule has 0 bridgehead atoms. The summed E-state index contributed by atoms with van der Waals surface area (Å²) in [5.74, 6) is 0. The third-order valence-electron chi connectivity index (χ3n) is 5.86. The molecule has 9 nitrogen and oxygen atoms in total. The van der Waals surface area contributed by atoms with Crippen LogP contribution in [0.5, 0.6) is 0 Å². The van der Waals surface area contributed by atoms with Crippen LogP contribution in [0, 0.1) is 0 Å². The van der Waals surface area contributed by atoms with Gasteiger partial charge in [-0.2, -0.15) is 9.59 Å². The molecule has 2 aromatic carbocycles. The molecule has 0 N–H and O–H groups in total. The van der Waals surface area contributed by atoms with E-state index < -0.39 is 23.3 Å². The number of nitrogens with zero attached hydrogens (tertiary/aromatic N) is 2. The molecule has 0 saturated heterocycles. The predicted molar refractivity (Wildman–Crippen MR) is 144 cm³/mol. The number of hydrogen-bond acceptors (Lipinski definition) is 7. The smallest absolute Gasteiger partial charge is 0.411 e. The monoisotopic (exact) mass is 538 g/mol. The van der Waals surface area contributed by atoms with E-state index in [1.165, 1.54) is 16.0 Å². The van der Waals surface area contributed by atoms with Crippen molar-refractivity contribution in [1.82, 2.24) is 9.80 Å². The molecular formula is C30H38N2O7. The molecule has 4 rings (SSSR count). The Bertz CT molecular complexity index is 1170. The Kier molecular flexibility index (Phi) is 11.0. The molecule has 2 aromatic rings. The van der Waals surface area contributed by atoms with Crippen LogP contribution in [-0.2, 0) is 49.8 Å². The summed E-state index contributed by atoms with van der Waals surface area (Å²) in [5, 5.41) is 0. The number of aldehydes is 1. The van der Waals surface area contributed by atoms with Gasteiger partial charge in [0.25, 0.3) is 0 Å². The highest BCUT2D eigenvalue weighted by molar-refractivity contribution is 5.75. The van der Waals surface area contributed by atoms with Crippen molar-refractivity contribution >= 4 is 24.6 Å². The Morgan fingerprint density at radius 2 is 1.26 bits per heavy atom. The van der Waals surface area contributed by atoms with Crippen molar-refractivity contribution < 1.29 is 33.4 Å². The second-order valence-electron chi connectivity index (χ2n) is 11.3. The van der Waals surface area contributed by atoms with Crippen LogP contribution in [0.25, 0.3) is 0 Å². The topological polar surface area (TPSA) is 110 Å². The summed E-state index contributed by atoms with van der Waals surface area (Å²) >= 11 is 0. The first-order chi connectivity index (χ1) is 18.3. The molecule has 1 atom stereocenters. The van der Waals surface area contributed by atoms with E-state index in [1.54, 1.807) is 4.90 Å². The Labute approximate surface area is 230 Å². The molecule has 0 fully saturated rings. The number of fused-ring (bicyclic) bond motifs is 2. The maximum atomic E-state index is 12.1. The van der Waals surface area contributed by atoms with E-state index in [2.05, 4.69) is 12.1 Å². The number of amides is 2. The number of hydrogen-bond donors (Lipinski definition) is 0. The van der Waals surface area contributed by atoms with Gasteiger partial charge in [-0.05, 0) is 70.2 Å². The number of carbonyl (C=O) groups excluding carboxylic acids is 5. The minimum Gasteiger partial charge on any atom is -0.444 e. The minimum absolute atomic E-state index is 0.216. The second-order valence-corrected chi connectivity index (χ2v) is 11.3. The minimum atomic E-state index is -0.554. The van der Waals surface area contributed by atoms with Crippen LogP contribution in [-0.4, -0.2) is 58.2 Å². The van der Waals surface area contributed by atoms with E-state index in [1.807, 2.05) is 77.9 Å². The van der Waals surface area contributed by atoms with E-state index in [4.69, 9.17) is 19.1 Å². The summed E-state index contributed by atoms with van der Waals surface area (Å²) in [7, 11) is 0. The zero-order valence-electron chi connectivity index (χ0n) is 23.6. The molecule has 0 radical (unpaired) electrons. The maximum Gasteiger partial charge on any atom is 0.411 e. The van der Waals surface area contributed by atoms with Crippen molar-refractivity contribution in [2.45, 2.75) is 84.7 Å². The number of carbonyl (C=O) groups is 3. The quantitative estimate of drug-likeness (QED) is 0.473. The molecule has 0 spiro atoms. The SMILES string of the molecule is CC(C)(C)OC(=O)N1CCc2ccccc2C1.CC(C)(C)OC(=O)N1Cc2ccccc2C[C@@H]1C=O.O=C=O. The number of ether oxygens (including phenoxy) is 2. The van der Waals surface area contributed by atoms with Crippen molar-refractivity contribution in [3.05, 3.63) is 70.8 Å². The Balaban J connectivity index is 0.000000250. The standard InChI is InChI=1S/C15H19NO3.C14H19NO2.CO2/c1-15(2,3)19-14(18)16-9-12-7-5-4-6-11(12)8-13(16)10-17;1-14(2,3)17-13(16)15-9-8-11-6-4-5-7-12(11)10-15;2-1-3/h4-7,10,13H,8-9H2,1-3H3;4-7H,8-10H2,1-3H3;/t13-;;/m1../s1. The van der Waals surface area contributed by atoms with Crippen LogP contribution in [0.1, 0.15) is 63.8 Å². The largest absolute Gasteiger partial charge is 0.444 e. The van der Waals surface area contributed by atoms with Crippen molar-refractivity contribution in [3.8, 4) is 0 Å². The van der Waals surface area contributed by atoms with Gasteiger partial charge in [-0.25, -0.2) is 9.59 Å². The number of rotatable bonds is 1. The zero-order chi connectivity index (χ0) is 29.2. The second kappa shape index (κ2) is 13.7.